The molecule has 0 aromatic heterocycles. The van der Waals surface area contributed by atoms with Crippen LogP contribution in [-0.2, 0) is 9.59 Å². The van der Waals surface area contributed by atoms with Crippen LogP contribution in [0.5, 0.6) is 0 Å². The first-order chi connectivity index (χ1) is 9.92. The van der Waals surface area contributed by atoms with Crippen LogP contribution in [0.1, 0.15) is 37.3 Å². The van der Waals surface area contributed by atoms with Crippen LogP contribution in [-0.4, -0.2) is 23.0 Å². The van der Waals surface area contributed by atoms with Gasteiger partial charge in [0.1, 0.15) is 0 Å². The van der Waals surface area contributed by atoms with Crippen molar-refractivity contribution in [1.82, 2.24) is 5.32 Å². The second-order valence-corrected chi connectivity index (χ2v) is 5.34. The number of hydrogen-bond donors (Lipinski definition) is 2. The molecule has 0 bridgehead atoms. The Labute approximate surface area is 129 Å². The molecule has 0 fully saturated rings. The third-order valence-corrected chi connectivity index (χ3v) is 3.43. The van der Waals surface area contributed by atoms with E-state index in [2.05, 4.69) is 5.32 Å². The Bertz CT molecular complexity index is 540. The van der Waals surface area contributed by atoms with E-state index in [0.29, 0.717) is 11.4 Å². The van der Waals surface area contributed by atoms with Crippen LogP contribution < -0.4 is 5.32 Å². The monoisotopic (exact) mass is 309 g/mol. The van der Waals surface area contributed by atoms with Gasteiger partial charge in [0, 0.05) is 17.1 Å². The molecule has 1 rings (SSSR count). The number of carbonyl (C=O) groups is 2. The van der Waals surface area contributed by atoms with Gasteiger partial charge in [-0.3, -0.25) is 9.59 Å². The predicted octanol–water partition coefficient (Wildman–Crippen LogP) is 3.42. The molecule has 0 saturated carbocycles. The molecule has 0 saturated heterocycles. The second kappa shape index (κ2) is 8.47. The largest absolute Gasteiger partial charge is 0.481 e. The van der Waals surface area contributed by atoms with Gasteiger partial charge in [0.05, 0.1) is 6.42 Å². The van der Waals surface area contributed by atoms with Gasteiger partial charge in [-0.15, -0.1) is 0 Å². The summed E-state index contributed by atoms with van der Waals surface area (Å²) in [6.07, 6.45) is 4.44. The summed E-state index contributed by atoms with van der Waals surface area (Å²) in [6, 6.07) is 5.18. The molecule has 1 atom stereocenters. The van der Waals surface area contributed by atoms with Crippen LogP contribution in [0.25, 0.3) is 6.08 Å². The molecule has 1 aromatic carbocycles. The van der Waals surface area contributed by atoms with E-state index >= 15 is 0 Å². The second-order valence-electron chi connectivity index (χ2n) is 4.93. The minimum atomic E-state index is -0.914. The average molecular weight is 310 g/mol. The van der Waals surface area contributed by atoms with Gasteiger partial charge in [0.15, 0.2) is 0 Å². The van der Waals surface area contributed by atoms with Crippen molar-refractivity contribution in [1.29, 1.82) is 0 Å². The summed E-state index contributed by atoms with van der Waals surface area (Å²) in [6.45, 7) is 3.86. The van der Waals surface area contributed by atoms with Crippen molar-refractivity contribution >= 4 is 29.6 Å². The Morgan fingerprint density at radius 1 is 1.43 bits per heavy atom. The van der Waals surface area contributed by atoms with Crippen LogP contribution in [0, 0.1) is 6.92 Å². The number of aliphatic carboxylic acids is 1. The number of nitrogens with one attached hydrogen (secondary N) is 1. The highest BCUT2D eigenvalue weighted by Crippen LogP contribution is 2.17. The van der Waals surface area contributed by atoms with Gasteiger partial charge in [-0.25, -0.2) is 0 Å². The molecule has 5 heteroatoms. The smallest absolute Gasteiger partial charge is 0.305 e. The zero-order chi connectivity index (χ0) is 15.8. The van der Waals surface area contributed by atoms with E-state index in [1.165, 1.54) is 6.08 Å². The highest BCUT2D eigenvalue weighted by atomic mass is 35.5. The standard InChI is InChI=1S/C16H20ClNO3/c1-3-4-13(10-16(20)21)18-15(19)8-7-12-6-5-11(2)14(17)9-12/h5-9,13H,3-4,10H2,1-2H3,(H,18,19)(H,20,21)/b8-7+. The Morgan fingerprint density at radius 2 is 2.14 bits per heavy atom. The lowest BCUT2D eigenvalue weighted by Gasteiger charge is -2.14. The van der Waals surface area contributed by atoms with Gasteiger partial charge in [-0.1, -0.05) is 37.1 Å². The average Bonchev–Trinajstić information content (AvgIpc) is 2.39. The summed E-state index contributed by atoms with van der Waals surface area (Å²) in [5.74, 6) is -1.21. The van der Waals surface area contributed by atoms with E-state index < -0.39 is 5.97 Å². The fourth-order valence-corrected chi connectivity index (χ4v) is 2.11. The van der Waals surface area contributed by atoms with Gasteiger partial charge in [-0.05, 0) is 36.6 Å². The summed E-state index contributed by atoms with van der Waals surface area (Å²) in [5, 5.41) is 12.2. The van der Waals surface area contributed by atoms with Crippen LogP contribution in [0.4, 0.5) is 0 Å². The van der Waals surface area contributed by atoms with Crippen molar-refractivity contribution in [2.75, 3.05) is 0 Å². The molecule has 0 heterocycles. The molecule has 2 N–H and O–H groups in total. The summed E-state index contributed by atoms with van der Waals surface area (Å²) in [7, 11) is 0. The van der Waals surface area contributed by atoms with Crippen LogP contribution in [0.3, 0.4) is 0 Å². The highest BCUT2D eigenvalue weighted by molar-refractivity contribution is 6.31. The van der Waals surface area contributed by atoms with E-state index in [1.54, 1.807) is 12.1 Å². The van der Waals surface area contributed by atoms with Crippen LogP contribution in [0.2, 0.25) is 5.02 Å². The quantitative estimate of drug-likeness (QED) is 0.758. The summed E-state index contributed by atoms with van der Waals surface area (Å²) < 4.78 is 0. The molecule has 0 aliphatic heterocycles. The van der Waals surface area contributed by atoms with E-state index in [4.69, 9.17) is 16.7 Å². The first kappa shape index (κ1) is 17.2. The summed E-state index contributed by atoms with van der Waals surface area (Å²) in [4.78, 5) is 22.5. The topological polar surface area (TPSA) is 66.4 Å². The van der Waals surface area contributed by atoms with E-state index in [-0.39, 0.29) is 18.4 Å². The molecule has 4 nitrogen and oxygen atoms in total. The van der Waals surface area contributed by atoms with Crippen molar-refractivity contribution < 1.29 is 14.7 Å². The minimum absolute atomic E-state index is 0.0657. The number of amides is 1. The number of hydrogen-bond acceptors (Lipinski definition) is 2. The Balaban J connectivity index is 2.63. The van der Waals surface area contributed by atoms with Gasteiger partial charge in [0.25, 0.3) is 0 Å². The lowest BCUT2D eigenvalue weighted by molar-refractivity contribution is -0.137. The fourth-order valence-electron chi connectivity index (χ4n) is 1.92. The molecule has 0 aliphatic carbocycles. The molecule has 1 aromatic rings. The lowest BCUT2D eigenvalue weighted by atomic mass is 10.1. The van der Waals surface area contributed by atoms with E-state index in [9.17, 15) is 9.59 Å². The van der Waals surface area contributed by atoms with Crippen LogP contribution in [0.15, 0.2) is 24.3 Å². The third kappa shape index (κ3) is 6.45. The maximum Gasteiger partial charge on any atom is 0.305 e. The van der Waals surface area contributed by atoms with Crippen molar-refractivity contribution in [3.8, 4) is 0 Å². The van der Waals surface area contributed by atoms with Crippen molar-refractivity contribution in [3.63, 3.8) is 0 Å². The number of halogens is 1. The van der Waals surface area contributed by atoms with Crippen LogP contribution >= 0.6 is 11.6 Å². The summed E-state index contributed by atoms with van der Waals surface area (Å²) in [5.41, 5.74) is 1.80. The van der Waals surface area contributed by atoms with E-state index in [0.717, 1.165) is 17.5 Å². The normalized spacial score (nSPS) is 12.3. The Hall–Kier alpha value is -1.81. The van der Waals surface area contributed by atoms with Gasteiger partial charge in [-0.2, -0.15) is 0 Å². The predicted molar refractivity (Wildman–Crippen MR) is 84.3 cm³/mol. The Kier molecular flexibility index (Phi) is 6.96. The molecule has 1 amide bonds. The SMILES string of the molecule is CCCC(CC(=O)O)NC(=O)/C=C/c1ccc(C)c(Cl)c1. The van der Waals surface area contributed by atoms with E-state index in [1.807, 2.05) is 26.0 Å². The van der Waals surface area contributed by atoms with Gasteiger partial charge >= 0.3 is 5.97 Å². The molecule has 21 heavy (non-hydrogen) atoms. The number of benzene rings is 1. The first-order valence-electron chi connectivity index (χ1n) is 6.89. The Morgan fingerprint density at radius 3 is 2.71 bits per heavy atom. The summed E-state index contributed by atoms with van der Waals surface area (Å²) >= 11 is 6.01. The zero-order valence-corrected chi connectivity index (χ0v) is 13.0. The highest BCUT2D eigenvalue weighted by Gasteiger charge is 2.13. The molecule has 1 unspecified atom stereocenters. The maximum absolute atomic E-state index is 11.8. The van der Waals surface area contributed by atoms with Crippen molar-refractivity contribution in [2.45, 2.75) is 39.2 Å². The fraction of sp³-hybridized carbons (Fsp3) is 0.375. The number of carbonyl (C=O) groups excluding carboxylic acids is 1. The number of carboxylic acid groups (broad SMARTS) is 1. The maximum atomic E-state index is 11.8. The zero-order valence-electron chi connectivity index (χ0n) is 12.2. The van der Waals surface area contributed by atoms with Gasteiger partial charge in [0.2, 0.25) is 5.91 Å². The molecule has 0 spiro atoms. The molecule has 0 radical (unpaired) electrons. The first-order valence-corrected chi connectivity index (χ1v) is 7.26. The van der Waals surface area contributed by atoms with Crippen molar-refractivity contribution in [3.05, 3.63) is 40.4 Å². The third-order valence-electron chi connectivity index (χ3n) is 3.03. The number of rotatable bonds is 7. The number of carboxylic acids is 1. The molecule has 114 valence electrons. The molecule has 0 aliphatic rings. The molecular weight excluding hydrogens is 290 g/mol. The van der Waals surface area contributed by atoms with Crippen molar-refractivity contribution in [2.24, 2.45) is 0 Å². The molecular formula is C16H20ClNO3. The number of aryl methyl sites for hydroxylation is 1. The lowest BCUT2D eigenvalue weighted by Crippen LogP contribution is -2.35. The minimum Gasteiger partial charge on any atom is -0.481 e. The van der Waals surface area contributed by atoms with Gasteiger partial charge < -0.3 is 10.4 Å².